The van der Waals surface area contributed by atoms with Gasteiger partial charge in [-0.05, 0) is 50.3 Å². The first-order chi connectivity index (χ1) is 10.9. The van der Waals surface area contributed by atoms with Crippen molar-refractivity contribution in [3.05, 3.63) is 18.2 Å². The molecule has 1 unspecified atom stereocenters. The topological polar surface area (TPSA) is 33.7 Å². The first-order valence-corrected chi connectivity index (χ1v) is 8.76. The lowest BCUT2D eigenvalue weighted by atomic mass is 10.0. The molecule has 0 radical (unpaired) electrons. The number of anilines is 1. The molecule has 1 aromatic carbocycles. The van der Waals surface area contributed by atoms with Crippen LogP contribution in [-0.4, -0.2) is 32.5 Å². The summed E-state index contributed by atoms with van der Waals surface area (Å²) in [6.45, 7) is 3.80. The average molecular weight is 302 g/mol. The van der Waals surface area contributed by atoms with Crippen molar-refractivity contribution in [1.82, 2.24) is 5.32 Å². The number of hydrogen-bond donors (Lipinski definition) is 1. The minimum atomic E-state index is 0.352. The molecule has 2 fully saturated rings. The van der Waals surface area contributed by atoms with Gasteiger partial charge in [0, 0.05) is 30.9 Å². The molecule has 2 aliphatic heterocycles. The molecule has 3 aliphatic rings. The maximum atomic E-state index is 5.51. The van der Waals surface area contributed by atoms with Gasteiger partial charge in [-0.3, -0.25) is 0 Å². The average Bonchev–Trinajstić information content (AvgIpc) is 3.24. The van der Waals surface area contributed by atoms with Crippen LogP contribution < -0.4 is 19.7 Å². The Hall–Kier alpha value is -1.42. The monoisotopic (exact) mass is 302 g/mol. The highest BCUT2D eigenvalue weighted by molar-refractivity contribution is 5.57. The first-order valence-electron chi connectivity index (χ1n) is 8.76. The second-order valence-corrected chi connectivity index (χ2v) is 6.88. The number of hydrogen-bond acceptors (Lipinski definition) is 4. The van der Waals surface area contributed by atoms with Crippen LogP contribution in [0.25, 0.3) is 0 Å². The molecule has 2 heterocycles. The van der Waals surface area contributed by atoms with Crippen LogP contribution in [0.2, 0.25) is 0 Å². The fourth-order valence-electron chi connectivity index (χ4n) is 4.01. The summed E-state index contributed by atoms with van der Waals surface area (Å²) in [5, 5.41) is 3.82. The Bertz CT molecular complexity index is 514. The summed E-state index contributed by atoms with van der Waals surface area (Å²) in [6.07, 6.45) is 8.27. The molecular weight excluding hydrogens is 276 g/mol. The standard InChI is InChI=1S/C18H26N2O2/c1-2-5-14(4-1)11-19-15-6-3-9-20(12-15)16-7-8-17-18(10-16)22-13-21-17/h7-8,10,14-15,19H,1-6,9,11-13H2. The molecular formula is C18H26N2O2. The number of fused-ring (bicyclic) bond motifs is 1. The molecule has 0 bridgehead atoms. The van der Waals surface area contributed by atoms with Crippen LogP contribution in [0.4, 0.5) is 5.69 Å². The number of ether oxygens (including phenoxy) is 2. The Morgan fingerprint density at radius 1 is 1.05 bits per heavy atom. The predicted octanol–water partition coefficient (Wildman–Crippen LogP) is 3.16. The highest BCUT2D eigenvalue weighted by Crippen LogP contribution is 2.36. The molecule has 1 aliphatic carbocycles. The van der Waals surface area contributed by atoms with Gasteiger partial charge in [0.15, 0.2) is 11.5 Å². The normalized spacial score (nSPS) is 24.9. The largest absolute Gasteiger partial charge is 0.454 e. The summed E-state index contributed by atoms with van der Waals surface area (Å²) in [5.74, 6) is 2.68. The van der Waals surface area contributed by atoms with Gasteiger partial charge in [-0.15, -0.1) is 0 Å². The van der Waals surface area contributed by atoms with Crippen LogP contribution in [0.3, 0.4) is 0 Å². The molecule has 4 rings (SSSR count). The van der Waals surface area contributed by atoms with Gasteiger partial charge in [-0.2, -0.15) is 0 Å². The van der Waals surface area contributed by atoms with E-state index >= 15 is 0 Å². The molecule has 4 heteroatoms. The van der Waals surface area contributed by atoms with Gasteiger partial charge < -0.3 is 19.7 Å². The molecule has 0 aromatic heterocycles. The van der Waals surface area contributed by atoms with Gasteiger partial charge in [0.25, 0.3) is 0 Å². The maximum absolute atomic E-state index is 5.51. The van der Waals surface area contributed by atoms with E-state index in [1.54, 1.807) is 0 Å². The summed E-state index contributed by atoms with van der Waals surface area (Å²) >= 11 is 0. The molecule has 22 heavy (non-hydrogen) atoms. The lowest BCUT2D eigenvalue weighted by molar-refractivity contribution is 0.174. The highest BCUT2D eigenvalue weighted by atomic mass is 16.7. The quantitative estimate of drug-likeness (QED) is 0.926. The van der Waals surface area contributed by atoms with Gasteiger partial charge in [0.1, 0.15) is 0 Å². The minimum absolute atomic E-state index is 0.352. The maximum Gasteiger partial charge on any atom is 0.231 e. The van der Waals surface area contributed by atoms with Crippen molar-refractivity contribution >= 4 is 5.69 Å². The summed E-state index contributed by atoms with van der Waals surface area (Å²) in [5.41, 5.74) is 1.26. The van der Waals surface area contributed by atoms with E-state index in [9.17, 15) is 0 Å². The molecule has 0 spiro atoms. The van der Waals surface area contributed by atoms with Crippen LogP contribution in [0.15, 0.2) is 18.2 Å². The van der Waals surface area contributed by atoms with Crippen LogP contribution in [0, 0.1) is 5.92 Å². The van der Waals surface area contributed by atoms with E-state index in [1.807, 2.05) is 6.07 Å². The SMILES string of the molecule is c1cc2c(cc1N1CCCC(NCC3CCCC3)C1)OCO2. The Balaban J connectivity index is 1.36. The van der Waals surface area contributed by atoms with Crippen molar-refractivity contribution in [1.29, 1.82) is 0 Å². The van der Waals surface area contributed by atoms with Crippen LogP contribution in [0.1, 0.15) is 38.5 Å². The smallest absolute Gasteiger partial charge is 0.231 e. The molecule has 1 saturated heterocycles. The molecule has 1 saturated carbocycles. The van der Waals surface area contributed by atoms with Crippen molar-refractivity contribution < 1.29 is 9.47 Å². The molecule has 1 atom stereocenters. The number of rotatable bonds is 4. The van der Waals surface area contributed by atoms with Crippen molar-refractivity contribution in [2.24, 2.45) is 5.92 Å². The minimum Gasteiger partial charge on any atom is -0.454 e. The van der Waals surface area contributed by atoms with Gasteiger partial charge in [-0.1, -0.05) is 12.8 Å². The second-order valence-electron chi connectivity index (χ2n) is 6.88. The third-order valence-electron chi connectivity index (χ3n) is 5.31. The molecule has 0 amide bonds. The number of piperidine rings is 1. The fraction of sp³-hybridized carbons (Fsp3) is 0.667. The number of nitrogens with zero attached hydrogens (tertiary/aromatic N) is 1. The zero-order chi connectivity index (χ0) is 14.8. The van der Waals surface area contributed by atoms with Crippen molar-refractivity contribution in [3.63, 3.8) is 0 Å². The summed E-state index contributed by atoms with van der Waals surface area (Å²) < 4.78 is 10.9. The predicted molar refractivity (Wildman–Crippen MR) is 87.8 cm³/mol. The third-order valence-corrected chi connectivity index (χ3v) is 5.31. The molecule has 1 aromatic rings. The van der Waals surface area contributed by atoms with Crippen molar-refractivity contribution in [2.45, 2.75) is 44.6 Å². The van der Waals surface area contributed by atoms with Crippen molar-refractivity contribution in [3.8, 4) is 11.5 Å². The highest BCUT2D eigenvalue weighted by Gasteiger charge is 2.23. The molecule has 120 valence electrons. The Kier molecular flexibility index (Phi) is 4.11. The van der Waals surface area contributed by atoms with E-state index in [-0.39, 0.29) is 0 Å². The third kappa shape index (κ3) is 3.02. The van der Waals surface area contributed by atoms with E-state index in [1.165, 1.54) is 50.8 Å². The van der Waals surface area contributed by atoms with Gasteiger partial charge in [0.05, 0.1) is 0 Å². The Morgan fingerprint density at radius 2 is 1.91 bits per heavy atom. The van der Waals surface area contributed by atoms with Crippen LogP contribution >= 0.6 is 0 Å². The van der Waals surface area contributed by atoms with E-state index in [2.05, 4.69) is 22.3 Å². The summed E-state index contributed by atoms with van der Waals surface area (Å²) in [7, 11) is 0. The van der Waals surface area contributed by atoms with Gasteiger partial charge in [0.2, 0.25) is 6.79 Å². The number of nitrogens with one attached hydrogen (secondary N) is 1. The van der Waals surface area contributed by atoms with E-state index in [0.717, 1.165) is 30.5 Å². The second kappa shape index (κ2) is 6.37. The zero-order valence-electron chi connectivity index (χ0n) is 13.2. The summed E-state index contributed by atoms with van der Waals surface area (Å²) in [6, 6.07) is 6.95. The number of benzene rings is 1. The lowest BCUT2D eigenvalue weighted by Crippen LogP contribution is -2.46. The summed E-state index contributed by atoms with van der Waals surface area (Å²) in [4.78, 5) is 2.48. The van der Waals surface area contributed by atoms with E-state index < -0.39 is 0 Å². The Morgan fingerprint density at radius 3 is 2.82 bits per heavy atom. The van der Waals surface area contributed by atoms with E-state index in [0.29, 0.717) is 12.8 Å². The lowest BCUT2D eigenvalue weighted by Gasteiger charge is -2.35. The molecule has 4 nitrogen and oxygen atoms in total. The zero-order valence-corrected chi connectivity index (χ0v) is 13.2. The van der Waals surface area contributed by atoms with Gasteiger partial charge >= 0.3 is 0 Å². The Labute approximate surface area is 132 Å². The van der Waals surface area contributed by atoms with E-state index in [4.69, 9.17) is 9.47 Å². The first kappa shape index (κ1) is 14.2. The fourth-order valence-corrected chi connectivity index (χ4v) is 4.01. The van der Waals surface area contributed by atoms with Crippen LogP contribution in [0.5, 0.6) is 11.5 Å². The van der Waals surface area contributed by atoms with Crippen LogP contribution in [-0.2, 0) is 0 Å². The van der Waals surface area contributed by atoms with Gasteiger partial charge in [-0.25, -0.2) is 0 Å². The van der Waals surface area contributed by atoms with Crippen molar-refractivity contribution in [2.75, 3.05) is 31.3 Å². The molecule has 1 N–H and O–H groups in total.